The summed E-state index contributed by atoms with van der Waals surface area (Å²) in [6.45, 7) is 11.2. The van der Waals surface area contributed by atoms with Gasteiger partial charge in [-0.05, 0) is 31.1 Å². The van der Waals surface area contributed by atoms with Crippen molar-refractivity contribution in [1.29, 1.82) is 0 Å². The van der Waals surface area contributed by atoms with Gasteiger partial charge in [0.15, 0.2) is 6.10 Å². The summed E-state index contributed by atoms with van der Waals surface area (Å²) < 4.78 is 16.6. The summed E-state index contributed by atoms with van der Waals surface area (Å²) in [7, 11) is 0. The van der Waals surface area contributed by atoms with Crippen LogP contribution in [0.1, 0.15) is 227 Å². The minimum absolute atomic E-state index is 0.0665. The zero-order chi connectivity index (χ0) is 36.2. The van der Waals surface area contributed by atoms with Gasteiger partial charge in [0.05, 0.1) is 0 Å². The van der Waals surface area contributed by atoms with Gasteiger partial charge in [-0.15, -0.1) is 0 Å². The van der Waals surface area contributed by atoms with Gasteiger partial charge < -0.3 is 14.2 Å². The largest absolute Gasteiger partial charge is 0.462 e. The van der Waals surface area contributed by atoms with Crippen LogP contribution in [-0.2, 0) is 28.6 Å². The first-order valence-electron chi connectivity index (χ1n) is 21.2. The predicted octanol–water partition coefficient (Wildman–Crippen LogP) is 13.0. The van der Waals surface area contributed by atoms with Crippen LogP contribution < -0.4 is 0 Å². The third kappa shape index (κ3) is 37.5. The van der Waals surface area contributed by atoms with E-state index in [1.54, 1.807) is 0 Å². The van der Waals surface area contributed by atoms with Crippen LogP contribution in [0.15, 0.2) is 0 Å². The Morgan fingerprint density at radius 1 is 0.388 bits per heavy atom. The van der Waals surface area contributed by atoms with Crippen LogP contribution in [0.3, 0.4) is 0 Å². The average Bonchev–Trinajstić information content (AvgIpc) is 3.06. The minimum atomic E-state index is -0.758. The fourth-order valence-corrected chi connectivity index (χ4v) is 6.22. The molecule has 0 aromatic heterocycles. The molecule has 0 rings (SSSR count). The highest BCUT2D eigenvalue weighted by Crippen LogP contribution is 2.16. The van der Waals surface area contributed by atoms with Crippen molar-refractivity contribution in [2.45, 2.75) is 233 Å². The predicted molar refractivity (Wildman–Crippen MR) is 206 cm³/mol. The van der Waals surface area contributed by atoms with E-state index < -0.39 is 6.10 Å². The summed E-state index contributed by atoms with van der Waals surface area (Å²) in [4.78, 5) is 37.4. The van der Waals surface area contributed by atoms with E-state index in [1.165, 1.54) is 109 Å². The lowest BCUT2D eigenvalue weighted by Gasteiger charge is -2.18. The highest BCUT2D eigenvalue weighted by atomic mass is 16.6. The maximum Gasteiger partial charge on any atom is 0.306 e. The summed E-state index contributed by atoms with van der Waals surface area (Å²) in [6.07, 6.45) is 32.6. The highest BCUT2D eigenvalue weighted by Gasteiger charge is 2.19. The molecule has 0 saturated carbocycles. The second kappa shape index (κ2) is 36.2. The van der Waals surface area contributed by atoms with E-state index in [9.17, 15) is 14.4 Å². The SMILES string of the molecule is CCCCCCCC(=O)OC[C@@H](COC(=O)CCCCCCCCCCCCC(C)C)OC(=O)CCCCCCCCCCCCC(C)C. The molecule has 6 nitrogen and oxygen atoms in total. The molecule has 49 heavy (non-hydrogen) atoms. The Kier molecular flexibility index (Phi) is 35.0. The minimum Gasteiger partial charge on any atom is -0.462 e. The van der Waals surface area contributed by atoms with Gasteiger partial charge in [0.2, 0.25) is 0 Å². The first-order valence-corrected chi connectivity index (χ1v) is 21.2. The fraction of sp³-hybridized carbons (Fsp3) is 0.930. The van der Waals surface area contributed by atoms with Gasteiger partial charge in [0.1, 0.15) is 13.2 Å². The number of carbonyl (C=O) groups is 3. The van der Waals surface area contributed by atoms with E-state index in [1.807, 2.05) is 0 Å². The topological polar surface area (TPSA) is 78.9 Å². The van der Waals surface area contributed by atoms with Crippen molar-refractivity contribution >= 4 is 17.9 Å². The molecule has 1 atom stereocenters. The quantitative estimate of drug-likeness (QED) is 0.0366. The summed E-state index contributed by atoms with van der Waals surface area (Å²) in [5.74, 6) is 0.759. The molecule has 290 valence electrons. The normalized spacial score (nSPS) is 12.1. The third-order valence-corrected chi connectivity index (χ3v) is 9.47. The number of hydrogen-bond acceptors (Lipinski definition) is 6. The second-order valence-electron chi connectivity index (χ2n) is 15.6. The Hall–Kier alpha value is -1.59. The molecule has 0 saturated heterocycles. The van der Waals surface area contributed by atoms with Crippen LogP contribution in [0.5, 0.6) is 0 Å². The Bertz CT molecular complexity index is 749. The van der Waals surface area contributed by atoms with Crippen molar-refractivity contribution in [2.24, 2.45) is 11.8 Å². The van der Waals surface area contributed by atoms with Crippen LogP contribution in [0, 0.1) is 11.8 Å². The van der Waals surface area contributed by atoms with Crippen molar-refractivity contribution < 1.29 is 28.6 Å². The molecule has 0 heterocycles. The molecule has 0 amide bonds. The van der Waals surface area contributed by atoms with E-state index in [0.717, 1.165) is 76.0 Å². The first-order chi connectivity index (χ1) is 23.7. The van der Waals surface area contributed by atoms with Crippen LogP contribution in [0.25, 0.3) is 0 Å². The van der Waals surface area contributed by atoms with Gasteiger partial charge in [0, 0.05) is 19.3 Å². The van der Waals surface area contributed by atoms with Crippen LogP contribution >= 0.6 is 0 Å². The smallest absolute Gasteiger partial charge is 0.306 e. The summed E-state index contributed by atoms with van der Waals surface area (Å²) >= 11 is 0. The van der Waals surface area contributed by atoms with Gasteiger partial charge in [-0.3, -0.25) is 14.4 Å². The number of rotatable bonds is 37. The van der Waals surface area contributed by atoms with E-state index in [-0.39, 0.29) is 31.1 Å². The van der Waals surface area contributed by atoms with Crippen molar-refractivity contribution in [3.05, 3.63) is 0 Å². The van der Waals surface area contributed by atoms with Crippen molar-refractivity contribution in [2.75, 3.05) is 13.2 Å². The maximum absolute atomic E-state index is 12.6. The van der Waals surface area contributed by atoms with Crippen LogP contribution in [-0.4, -0.2) is 37.2 Å². The number of unbranched alkanes of at least 4 members (excludes halogenated alkanes) is 22. The number of carbonyl (C=O) groups excluding carboxylic acids is 3. The van der Waals surface area contributed by atoms with Gasteiger partial charge in [-0.1, -0.05) is 189 Å². The summed E-state index contributed by atoms with van der Waals surface area (Å²) in [6, 6.07) is 0. The second-order valence-corrected chi connectivity index (χ2v) is 15.6. The highest BCUT2D eigenvalue weighted by molar-refractivity contribution is 5.71. The molecular formula is C43H82O6. The zero-order valence-corrected chi connectivity index (χ0v) is 33.3. The molecule has 0 radical (unpaired) electrons. The van der Waals surface area contributed by atoms with E-state index >= 15 is 0 Å². The Morgan fingerprint density at radius 3 is 1.00 bits per heavy atom. The standard InChI is InChI=1S/C43H82O6/c1-6-7-8-21-28-33-41(44)47-36-40(49-43(46)35-30-25-20-16-12-10-14-18-23-27-32-39(4)5)37-48-42(45)34-29-24-19-15-11-9-13-17-22-26-31-38(2)3/h38-40H,6-37H2,1-5H3/t40-/m0/s1. The van der Waals surface area contributed by atoms with Crippen molar-refractivity contribution in [3.8, 4) is 0 Å². The Morgan fingerprint density at radius 2 is 0.673 bits per heavy atom. The molecule has 0 aliphatic carbocycles. The molecule has 0 spiro atoms. The average molecular weight is 695 g/mol. The lowest BCUT2D eigenvalue weighted by atomic mass is 10.0. The number of ether oxygens (including phenoxy) is 3. The zero-order valence-electron chi connectivity index (χ0n) is 33.3. The van der Waals surface area contributed by atoms with Gasteiger partial charge in [0.25, 0.3) is 0 Å². The Labute approximate surface area is 304 Å². The number of hydrogen-bond donors (Lipinski definition) is 0. The fourth-order valence-electron chi connectivity index (χ4n) is 6.22. The first kappa shape index (κ1) is 47.4. The molecule has 6 heteroatoms. The summed E-state index contributed by atoms with van der Waals surface area (Å²) in [5, 5.41) is 0. The molecule has 0 unspecified atom stereocenters. The lowest BCUT2D eigenvalue weighted by molar-refractivity contribution is -0.167. The van der Waals surface area contributed by atoms with Crippen LogP contribution in [0.4, 0.5) is 0 Å². The summed E-state index contributed by atoms with van der Waals surface area (Å²) in [5.41, 5.74) is 0. The molecule has 0 bridgehead atoms. The molecule has 0 fully saturated rings. The van der Waals surface area contributed by atoms with Crippen molar-refractivity contribution in [3.63, 3.8) is 0 Å². The molecule has 0 aromatic carbocycles. The van der Waals surface area contributed by atoms with E-state index in [4.69, 9.17) is 14.2 Å². The number of esters is 3. The third-order valence-electron chi connectivity index (χ3n) is 9.47. The van der Waals surface area contributed by atoms with Gasteiger partial charge in [-0.25, -0.2) is 0 Å². The monoisotopic (exact) mass is 695 g/mol. The van der Waals surface area contributed by atoms with Gasteiger partial charge >= 0.3 is 17.9 Å². The van der Waals surface area contributed by atoms with E-state index in [0.29, 0.717) is 19.3 Å². The Balaban J connectivity index is 4.23. The molecular weight excluding hydrogens is 612 g/mol. The molecule has 0 aliphatic rings. The van der Waals surface area contributed by atoms with Crippen LogP contribution in [0.2, 0.25) is 0 Å². The molecule has 0 aromatic rings. The van der Waals surface area contributed by atoms with Crippen molar-refractivity contribution in [1.82, 2.24) is 0 Å². The lowest BCUT2D eigenvalue weighted by Crippen LogP contribution is -2.30. The molecule has 0 aliphatic heterocycles. The maximum atomic E-state index is 12.6. The molecule has 0 N–H and O–H groups in total. The van der Waals surface area contributed by atoms with E-state index in [2.05, 4.69) is 34.6 Å². The van der Waals surface area contributed by atoms with Gasteiger partial charge in [-0.2, -0.15) is 0 Å².